The summed E-state index contributed by atoms with van der Waals surface area (Å²) in [6.45, 7) is 0. The molecule has 10 aromatic carbocycles. The summed E-state index contributed by atoms with van der Waals surface area (Å²) in [5, 5.41) is 8.75. The zero-order valence-corrected chi connectivity index (χ0v) is 40.8. The van der Waals surface area contributed by atoms with Crippen LogP contribution in [0.15, 0.2) is 215 Å². The van der Waals surface area contributed by atoms with Gasteiger partial charge in [-0.2, -0.15) is 0 Å². The second kappa shape index (κ2) is 16.2. The van der Waals surface area contributed by atoms with Crippen molar-refractivity contribution in [3.63, 3.8) is 0 Å². The quantitative estimate of drug-likeness (QED) is 0.159. The Morgan fingerprint density at radius 2 is 0.892 bits per heavy atom. The molecule has 352 valence electrons. The Labute approximate surface area is 428 Å². The Morgan fingerprint density at radius 3 is 1.64 bits per heavy atom. The van der Waals surface area contributed by atoms with Crippen LogP contribution in [-0.2, 0) is 5.41 Å². The first-order valence-corrected chi connectivity index (χ1v) is 26.4. The van der Waals surface area contributed by atoms with Crippen LogP contribution in [0.2, 0.25) is 0 Å². The van der Waals surface area contributed by atoms with Crippen LogP contribution in [0.4, 0.5) is 0 Å². The van der Waals surface area contributed by atoms with Gasteiger partial charge in [0.1, 0.15) is 22.3 Å². The average Bonchev–Trinajstić information content (AvgIpc) is 4.05. The maximum atomic E-state index is 7.27. The lowest BCUT2D eigenvalue weighted by Gasteiger charge is -2.57. The standard InChI is InChI=1S/C69H49N3O2/c1-3-14-44(15-4-1)45-26-28-46(29-27-45)49-33-50(35-51(34-49)69-38-41-30-42(39-69)32-43(31-41)40-69)66-70-67(57-24-13-23-56-54-21-11-12-25-60(54)73-64(56)57)72-68(71-66)59-36-48-18-7-8-19-52(48)63-62-55-22-10-9-20-53(55)58(37-61(62)74-65(59)63)47-16-5-2-6-17-47/h1-29,33-37,41-43H,30-32,38-40H2. The number of nitrogens with zero attached hydrogens (tertiary/aromatic N) is 3. The third-order valence-electron chi connectivity index (χ3n) is 17.2. The van der Waals surface area contributed by atoms with Gasteiger partial charge in [-0.25, -0.2) is 15.0 Å². The van der Waals surface area contributed by atoms with Crippen LogP contribution in [-0.4, -0.2) is 15.0 Å². The molecule has 0 atom stereocenters. The van der Waals surface area contributed by atoms with Gasteiger partial charge in [0.2, 0.25) is 0 Å². The Morgan fingerprint density at radius 1 is 0.338 bits per heavy atom. The van der Waals surface area contributed by atoms with Gasteiger partial charge in [0, 0.05) is 27.1 Å². The molecule has 5 heteroatoms. The van der Waals surface area contributed by atoms with Gasteiger partial charge in [0.05, 0.1) is 11.1 Å². The highest BCUT2D eigenvalue weighted by Gasteiger charge is 2.51. The summed E-state index contributed by atoms with van der Waals surface area (Å²) in [5.41, 5.74) is 14.4. The zero-order chi connectivity index (χ0) is 48.5. The Hall–Kier alpha value is -8.67. The van der Waals surface area contributed by atoms with Gasteiger partial charge in [-0.05, 0) is 159 Å². The summed E-state index contributed by atoms with van der Waals surface area (Å²) in [4.78, 5) is 16.7. The second-order valence-electron chi connectivity index (χ2n) is 21.7. The normalized spacial score (nSPS) is 19.2. The van der Waals surface area contributed by atoms with E-state index < -0.39 is 0 Å². The van der Waals surface area contributed by atoms with Gasteiger partial charge in [0.15, 0.2) is 17.5 Å². The number of rotatable bonds is 7. The summed E-state index contributed by atoms with van der Waals surface area (Å²) in [5.74, 6) is 4.10. The molecule has 0 radical (unpaired) electrons. The summed E-state index contributed by atoms with van der Waals surface area (Å²) >= 11 is 0. The van der Waals surface area contributed by atoms with Crippen molar-refractivity contribution in [1.29, 1.82) is 0 Å². The highest BCUT2D eigenvalue weighted by atomic mass is 16.3. The lowest BCUT2D eigenvalue weighted by molar-refractivity contribution is -0.00515. The van der Waals surface area contributed by atoms with Crippen molar-refractivity contribution in [2.75, 3.05) is 0 Å². The molecular formula is C69H49N3O2. The minimum absolute atomic E-state index is 0.127. The fraction of sp³-hybridized carbons (Fsp3) is 0.145. The molecule has 0 N–H and O–H groups in total. The summed E-state index contributed by atoms with van der Waals surface area (Å²) in [7, 11) is 0. The van der Waals surface area contributed by atoms with Crippen molar-refractivity contribution >= 4 is 65.4 Å². The molecule has 4 aliphatic carbocycles. The van der Waals surface area contributed by atoms with E-state index in [2.05, 4.69) is 194 Å². The molecule has 0 saturated heterocycles. The van der Waals surface area contributed by atoms with E-state index in [-0.39, 0.29) is 5.41 Å². The first kappa shape index (κ1) is 41.9. The van der Waals surface area contributed by atoms with Crippen molar-refractivity contribution in [3.05, 3.63) is 212 Å². The SMILES string of the molecule is c1ccc(-c2ccc(-c3cc(-c4nc(-c5cccc6c5oc5ccccc56)nc(-c5cc6ccccc6c6c5oc5cc(-c7ccccc7)c7ccccc7c56)n4)cc(C45CC6CC(CC(C6)C4)C5)c3)cc2)cc1. The molecular weight excluding hydrogens is 903 g/mol. The summed E-state index contributed by atoms with van der Waals surface area (Å²) in [6, 6.07) is 74.1. The van der Waals surface area contributed by atoms with Crippen LogP contribution >= 0.6 is 0 Å². The van der Waals surface area contributed by atoms with Crippen LogP contribution in [0.3, 0.4) is 0 Å². The highest BCUT2D eigenvalue weighted by molar-refractivity contribution is 6.30. The smallest absolute Gasteiger partial charge is 0.167 e. The molecule has 0 aliphatic heterocycles. The molecule has 4 aliphatic rings. The number of hydrogen-bond donors (Lipinski definition) is 0. The molecule has 0 amide bonds. The lowest BCUT2D eigenvalue weighted by Crippen LogP contribution is -2.48. The van der Waals surface area contributed by atoms with E-state index in [9.17, 15) is 0 Å². The maximum absolute atomic E-state index is 7.27. The second-order valence-corrected chi connectivity index (χ2v) is 21.7. The fourth-order valence-corrected chi connectivity index (χ4v) is 14.4. The fourth-order valence-electron chi connectivity index (χ4n) is 14.4. The van der Waals surface area contributed by atoms with Crippen molar-refractivity contribution in [3.8, 4) is 67.5 Å². The third-order valence-corrected chi connectivity index (χ3v) is 17.2. The average molecular weight is 952 g/mol. The molecule has 13 aromatic rings. The zero-order valence-electron chi connectivity index (χ0n) is 40.8. The van der Waals surface area contributed by atoms with Gasteiger partial charge in [-0.15, -0.1) is 0 Å². The van der Waals surface area contributed by atoms with Gasteiger partial charge in [-0.1, -0.05) is 170 Å². The molecule has 4 saturated carbocycles. The molecule has 4 bridgehead atoms. The Balaban J connectivity index is 0.968. The minimum Gasteiger partial charge on any atom is -0.455 e. The topological polar surface area (TPSA) is 65.0 Å². The van der Waals surface area contributed by atoms with Gasteiger partial charge in [0.25, 0.3) is 0 Å². The summed E-state index contributed by atoms with van der Waals surface area (Å²) in [6.07, 6.45) is 7.89. The lowest BCUT2D eigenvalue weighted by atomic mass is 9.48. The Bertz CT molecular complexity index is 4360. The van der Waals surface area contributed by atoms with Crippen molar-refractivity contribution < 1.29 is 8.83 Å². The van der Waals surface area contributed by atoms with E-state index in [1.54, 1.807) is 0 Å². The van der Waals surface area contributed by atoms with Crippen molar-refractivity contribution in [2.45, 2.75) is 43.9 Å². The van der Waals surface area contributed by atoms with E-state index in [4.69, 9.17) is 23.8 Å². The number of hydrogen-bond acceptors (Lipinski definition) is 5. The van der Waals surface area contributed by atoms with Crippen LogP contribution < -0.4 is 0 Å². The van der Waals surface area contributed by atoms with Gasteiger partial charge in [-0.3, -0.25) is 0 Å². The van der Waals surface area contributed by atoms with E-state index in [1.807, 2.05) is 12.1 Å². The Kier molecular flexibility index (Phi) is 9.15. The number of fused-ring (bicyclic) bond motifs is 10. The monoisotopic (exact) mass is 951 g/mol. The summed E-state index contributed by atoms with van der Waals surface area (Å²) < 4.78 is 14.0. The van der Waals surface area contributed by atoms with E-state index in [0.29, 0.717) is 17.5 Å². The van der Waals surface area contributed by atoms with Gasteiger partial charge < -0.3 is 8.83 Å². The molecule has 0 unspecified atom stereocenters. The molecule has 3 aromatic heterocycles. The first-order chi connectivity index (χ1) is 36.6. The van der Waals surface area contributed by atoms with E-state index >= 15 is 0 Å². The van der Waals surface area contributed by atoms with Crippen LogP contribution in [0, 0.1) is 17.8 Å². The molecule has 17 rings (SSSR count). The number of benzene rings is 10. The molecule has 5 nitrogen and oxygen atoms in total. The number of aromatic nitrogens is 3. The first-order valence-electron chi connectivity index (χ1n) is 26.4. The highest BCUT2D eigenvalue weighted by Crippen LogP contribution is 2.61. The molecule has 0 spiro atoms. The predicted molar refractivity (Wildman–Crippen MR) is 302 cm³/mol. The maximum Gasteiger partial charge on any atom is 0.167 e. The van der Waals surface area contributed by atoms with E-state index in [1.165, 1.54) is 71.7 Å². The minimum atomic E-state index is 0.127. The number of furan rings is 2. The molecule has 4 fully saturated rings. The predicted octanol–water partition coefficient (Wildman–Crippen LogP) is 18.4. The molecule has 74 heavy (non-hydrogen) atoms. The van der Waals surface area contributed by atoms with Crippen molar-refractivity contribution in [1.82, 2.24) is 15.0 Å². The largest absolute Gasteiger partial charge is 0.455 e. The van der Waals surface area contributed by atoms with Crippen molar-refractivity contribution in [2.24, 2.45) is 17.8 Å². The van der Waals surface area contributed by atoms with Crippen LogP contribution in [0.5, 0.6) is 0 Å². The van der Waals surface area contributed by atoms with E-state index in [0.717, 1.165) is 106 Å². The molecule has 3 heterocycles. The van der Waals surface area contributed by atoms with Gasteiger partial charge >= 0.3 is 0 Å². The number of para-hydroxylation sites is 2. The van der Waals surface area contributed by atoms with Crippen LogP contribution in [0.25, 0.3) is 133 Å². The third kappa shape index (κ3) is 6.58. The van der Waals surface area contributed by atoms with Crippen LogP contribution in [0.1, 0.15) is 44.1 Å².